The first-order valence-corrected chi connectivity index (χ1v) is 9.99. The number of aromatic nitrogens is 2. The summed E-state index contributed by atoms with van der Waals surface area (Å²) in [6, 6.07) is 18.0. The summed E-state index contributed by atoms with van der Waals surface area (Å²) >= 11 is 0. The summed E-state index contributed by atoms with van der Waals surface area (Å²) < 4.78 is 7.07. The number of aryl methyl sites for hydroxylation is 1. The Morgan fingerprint density at radius 3 is 2.65 bits per heavy atom. The van der Waals surface area contributed by atoms with E-state index in [0.717, 1.165) is 12.1 Å². The molecule has 0 aliphatic heterocycles. The number of fused-ring (bicyclic) bond motifs is 1. The lowest BCUT2D eigenvalue weighted by molar-refractivity contribution is 0.0674. The van der Waals surface area contributed by atoms with E-state index in [9.17, 15) is 9.59 Å². The number of nitrogens with zero attached hydrogens (tertiary/aromatic N) is 2. The number of carbonyl (C=O) groups excluding carboxylic acids is 1. The van der Waals surface area contributed by atoms with E-state index in [-0.39, 0.29) is 17.9 Å². The van der Waals surface area contributed by atoms with Gasteiger partial charge < -0.3 is 9.73 Å². The number of furan rings is 1. The van der Waals surface area contributed by atoms with Gasteiger partial charge in [0.05, 0.1) is 23.1 Å². The Bertz CT molecular complexity index is 1280. The lowest BCUT2D eigenvalue weighted by atomic mass is 10.1. The fraction of sp³-hybridized carbons (Fsp3) is 0.174. The predicted octanol–water partition coefficient (Wildman–Crippen LogP) is 3.66. The Labute approximate surface area is 178 Å². The maximum atomic E-state index is 13.6. The molecule has 0 saturated heterocycles. The highest BCUT2D eigenvalue weighted by atomic mass is 16.5. The van der Waals surface area contributed by atoms with Crippen molar-refractivity contribution >= 4 is 22.5 Å². The largest absolute Gasteiger partial charge is 0.454 e. The number of nitrogens with one attached hydrogen (secondary N) is 2. The van der Waals surface area contributed by atoms with Crippen molar-refractivity contribution in [2.75, 3.05) is 5.32 Å². The normalized spacial score (nSPS) is 10.9. The molecule has 8 heteroatoms. The van der Waals surface area contributed by atoms with Crippen molar-refractivity contribution in [2.24, 2.45) is 0 Å². The fourth-order valence-electron chi connectivity index (χ4n) is 3.49. The summed E-state index contributed by atoms with van der Waals surface area (Å²) in [5, 5.41) is 12.4. The van der Waals surface area contributed by atoms with Gasteiger partial charge in [0.25, 0.3) is 5.56 Å². The number of benzene rings is 2. The van der Waals surface area contributed by atoms with Crippen molar-refractivity contribution in [3.63, 3.8) is 0 Å². The monoisotopic (exact) mass is 418 g/mol. The van der Waals surface area contributed by atoms with Crippen molar-refractivity contribution in [2.45, 2.75) is 26.3 Å². The summed E-state index contributed by atoms with van der Waals surface area (Å²) in [7, 11) is 0. The Hall–Kier alpha value is -3.91. The molecule has 2 aromatic carbocycles. The van der Waals surface area contributed by atoms with Crippen LogP contribution in [0.5, 0.6) is 0 Å². The molecule has 0 unspecified atom stereocenters. The molecule has 2 aromatic heterocycles. The topological polar surface area (TPSA) is 109 Å². The minimum Gasteiger partial charge on any atom is -0.454 e. The van der Waals surface area contributed by atoms with Crippen molar-refractivity contribution in [1.29, 1.82) is 0 Å². The second-order valence-electron chi connectivity index (χ2n) is 7.01. The molecule has 0 aliphatic carbocycles. The van der Waals surface area contributed by atoms with Crippen molar-refractivity contribution in [3.8, 4) is 5.69 Å². The van der Waals surface area contributed by atoms with E-state index in [1.807, 2.05) is 48.5 Å². The zero-order valence-corrected chi connectivity index (χ0v) is 17.0. The summed E-state index contributed by atoms with van der Waals surface area (Å²) in [5.41, 5.74) is 3.38. The van der Waals surface area contributed by atoms with Gasteiger partial charge in [-0.1, -0.05) is 31.2 Å². The van der Waals surface area contributed by atoms with Crippen LogP contribution in [0.15, 0.2) is 69.9 Å². The number of hydroxylamine groups is 1. The van der Waals surface area contributed by atoms with Crippen molar-refractivity contribution < 1.29 is 14.4 Å². The van der Waals surface area contributed by atoms with Gasteiger partial charge in [0, 0.05) is 12.1 Å². The number of anilines is 1. The molecule has 4 rings (SSSR count). The molecule has 0 atom stereocenters. The van der Waals surface area contributed by atoms with E-state index in [4.69, 9.17) is 14.6 Å². The van der Waals surface area contributed by atoms with E-state index >= 15 is 0 Å². The van der Waals surface area contributed by atoms with Gasteiger partial charge in [-0.05, 0) is 42.8 Å². The maximum absolute atomic E-state index is 13.6. The van der Waals surface area contributed by atoms with Gasteiger partial charge in [0.2, 0.25) is 0 Å². The van der Waals surface area contributed by atoms with Crippen LogP contribution in [0, 0.1) is 0 Å². The number of hydrogen-bond acceptors (Lipinski definition) is 6. The first-order chi connectivity index (χ1) is 15.1. The van der Waals surface area contributed by atoms with Gasteiger partial charge in [-0.2, -0.15) is 0 Å². The molecule has 8 nitrogen and oxygen atoms in total. The second-order valence-corrected chi connectivity index (χ2v) is 7.01. The maximum Gasteiger partial charge on any atom is 0.310 e. The molecule has 0 radical (unpaired) electrons. The van der Waals surface area contributed by atoms with Gasteiger partial charge in [-0.3, -0.25) is 19.4 Å². The molecule has 4 aromatic rings. The summed E-state index contributed by atoms with van der Waals surface area (Å²) in [5.74, 6) is 0.466. The molecule has 0 saturated carbocycles. The van der Waals surface area contributed by atoms with Crippen LogP contribution in [0.3, 0.4) is 0 Å². The van der Waals surface area contributed by atoms with E-state index in [1.165, 1.54) is 11.5 Å². The van der Waals surface area contributed by atoms with Crippen LogP contribution >= 0.6 is 0 Å². The van der Waals surface area contributed by atoms with E-state index in [2.05, 4.69) is 12.2 Å². The first-order valence-electron chi connectivity index (χ1n) is 9.99. The molecule has 0 spiro atoms. The standard InChI is InChI=1S/C23H22N4O4/c1-2-7-20-25-18-11-6-10-17(24-14-16-12-13-19(31-16)22(28)26-30)21(18)23(29)27(20)15-8-4-3-5-9-15/h3-6,8-13,24,30H,2,7,14H2,1H3,(H,26,28). The highest BCUT2D eigenvalue weighted by Crippen LogP contribution is 2.22. The summed E-state index contributed by atoms with van der Waals surface area (Å²) in [6.07, 6.45) is 1.55. The number of para-hydroxylation sites is 1. The highest BCUT2D eigenvalue weighted by molar-refractivity contribution is 5.91. The molecule has 0 aliphatic rings. The van der Waals surface area contributed by atoms with Crippen molar-refractivity contribution in [3.05, 3.63) is 88.4 Å². The van der Waals surface area contributed by atoms with Crippen molar-refractivity contribution in [1.82, 2.24) is 15.0 Å². The molecule has 1 amide bonds. The van der Waals surface area contributed by atoms with E-state index in [0.29, 0.717) is 34.6 Å². The molecule has 31 heavy (non-hydrogen) atoms. The third-order valence-corrected chi connectivity index (χ3v) is 4.90. The SMILES string of the molecule is CCCc1nc2cccc(NCc3ccc(C(=O)NO)o3)c2c(=O)n1-c1ccccc1. The Balaban J connectivity index is 1.76. The third kappa shape index (κ3) is 4.06. The number of amides is 1. The third-order valence-electron chi connectivity index (χ3n) is 4.90. The molecular weight excluding hydrogens is 396 g/mol. The first kappa shape index (κ1) is 20.4. The van der Waals surface area contributed by atoms with Crippen LogP contribution in [-0.4, -0.2) is 20.7 Å². The smallest absolute Gasteiger partial charge is 0.310 e. The van der Waals surface area contributed by atoms with E-state index in [1.54, 1.807) is 10.6 Å². The van der Waals surface area contributed by atoms with Crippen LogP contribution < -0.4 is 16.4 Å². The highest BCUT2D eigenvalue weighted by Gasteiger charge is 2.16. The quantitative estimate of drug-likeness (QED) is 0.312. The summed E-state index contributed by atoms with van der Waals surface area (Å²) in [4.78, 5) is 29.8. The van der Waals surface area contributed by atoms with Crippen LogP contribution in [-0.2, 0) is 13.0 Å². The predicted molar refractivity (Wildman–Crippen MR) is 117 cm³/mol. The number of carbonyl (C=O) groups is 1. The molecule has 158 valence electrons. The Morgan fingerprint density at radius 2 is 1.90 bits per heavy atom. The minimum absolute atomic E-state index is 0.00507. The van der Waals surface area contributed by atoms with Gasteiger partial charge in [0.1, 0.15) is 11.6 Å². The van der Waals surface area contributed by atoms with Gasteiger partial charge >= 0.3 is 5.91 Å². The zero-order valence-electron chi connectivity index (χ0n) is 17.0. The average molecular weight is 418 g/mol. The molecule has 0 fully saturated rings. The molecule has 3 N–H and O–H groups in total. The fourth-order valence-corrected chi connectivity index (χ4v) is 3.49. The lowest BCUT2D eigenvalue weighted by Crippen LogP contribution is -2.24. The van der Waals surface area contributed by atoms with Crippen LogP contribution in [0.2, 0.25) is 0 Å². The molecule has 2 heterocycles. The Kier molecular flexibility index (Phi) is 5.81. The van der Waals surface area contributed by atoms with Crippen LogP contribution in [0.1, 0.15) is 35.5 Å². The summed E-state index contributed by atoms with van der Waals surface area (Å²) in [6.45, 7) is 2.30. The second kappa shape index (κ2) is 8.85. The lowest BCUT2D eigenvalue weighted by Gasteiger charge is -2.15. The Morgan fingerprint density at radius 1 is 1.10 bits per heavy atom. The number of rotatable bonds is 7. The van der Waals surface area contributed by atoms with E-state index < -0.39 is 5.91 Å². The van der Waals surface area contributed by atoms with Crippen LogP contribution in [0.25, 0.3) is 16.6 Å². The molecular formula is C23H22N4O4. The minimum atomic E-state index is -0.727. The molecule has 0 bridgehead atoms. The zero-order chi connectivity index (χ0) is 21.8. The van der Waals surface area contributed by atoms with Gasteiger partial charge in [-0.15, -0.1) is 0 Å². The van der Waals surface area contributed by atoms with Gasteiger partial charge in [0.15, 0.2) is 5.76 Å². The number of hydrogen-bond donors (Lipinski definition) is 3. The van der Waals surface area contributed by atoms with Crippen LogP contribution in [0.4, 0.5) is 5.69 Å². The van der Waals surface area contributed by atoms with Gasteiger partial charge in [-0.25, -0.2) is 10.5 Å². The average Bonchev–Trinajstić information content (AvgIpc) is 3.27.